The molecule has 1 aromatic rings. The zero-order chi connectivity index (χ0) is 17.9. The van der Waals surface area contributed by atoms with Crippen LogP contribution in [0.4, 0.5) is 10.7 Å². The molecular weight excluding hydrogens is 304 g/mol. The normalized spacial score (nSPS) is 18.9. The molecule has 24 heavy (non-hydrogen) atoms. The van der Waals surface area contributed by atoms with Gasteiger partial charge in [0, 0.05) is 38.1 Å². The number of carbonyl (C=O) groups is 1. The maximum Gasteiger partial charge on any atom is 0.410 e. The van der Waals surface area contributed by atoms with E-state index in [4.69, 9.17) is 4.74 Å². The number of carbonyl (C=O) groups excluding carboxylic acids is 1. The molecule has 1 unspecified atom stereocenters. The number of nitrogens with zero attached hydrogens (tertiary/aromatic N) is 4. The van der Waals surface area contributed by atoms with Crippen molar-refractivity contribution in [2.75, 3.05) is 24.5 Å². The van der Waals surface area contributed by atoms with Crippen LogP contribution in [0.15, 0.2) is 12.4 Å². The molecule has 0 spiro atoms. The number of aromatic nitrogens is 2. The molecule has 1 saturated heterocycles. The largest absolute Gasteiger partial charge is 0.444 e. The molecule has 1 aliphatic heterocycles. The van der Waals surface area contributed by atoms with Crippen LogP contribution in [-0.4, -0.2) is 52.2 Å². The lowest BCUT2D eigenvalue weighted by Crippen LogP contribution is -2.55. The summed E-state index contributed by atoms with van der Waals surface area (Å²) in [5.41, 5.74) is 0.695. The summed E-state index contributed by atoms with van der Waals surface area (Å²) in [6.45, 7) is 14.1. The predicted molar refractivity (Wildman–Crippen MR) is 95.2 cm³/mol. The van der Waals surface area contributed by atoms with E-state index in [1.807, 2.05) is 33.2 Å². The number of ether oxygens (including phenoxy) is 1. The number of hydrogen-bond donors (Lipinski definition) is 0. The Hall–Kier alpha value is -1.85. The van der Waals surface area contributed by atoms with Gasteiger partial charge in [-0.2, -0.15) is 0 Å². The molecule has 0 aliphatic carbocycles. The number of rotatable bonds is 3. The van der Waals surface area contributed by atoms with Crippen molar-refractivity contribution in [2.24, 2.45) is 5.92 Å². The molecule has 2 heterocycles. The van der Waals surface area contributed by atoms with E-state index in [2.05, 4.69) is 35.6 Å². The van der Waals surface area contributed by atoms with Crippen LogP contribution in [0.25, 0.3) is 0 Å². The van der Waals surface area contributed by atoms with Crippen LogP contribution in [0, 0.1) is 5.92 Å². The first-order chi connectivity index (χ1) is 11.2. The van der Waals surface area contributed by atoms with E-state index in [-0.39, 0.29) is 12.1 Å². The average Bonchev–Trinajstić information content (AvgIpc) is 2.46. The standard InChI is InChI=1S/C18H30N4O2/c1-13(2)9-15-10-19-16(20-11-15)22-8-7-21(12-14(22)3)17(23)24-18(4,5)6/h10-11,13-14H,7-9,12H2,1-6H3. The van der Waals surface area contributed by atoms with Gasteiger partial charge in [0.1, 0.15) is 5.60 Å². The van der Waals surface area contributed by atoms with Crippen LogP contribution >= 0.6 is 0 Å². The van der Waals surface area contributed by atoms with Gasteiger partial charge >= 0.3 is 6.09 Å². The minimum absolute atomic E-state index is 0.155. The second-order valence-electron chi connectivity index (χ2n) is 7.96. The second kappa shape index (κ2) is 7.36. The maximum absolute atomic E-state index is 12.2. The summed E-state index contributed by atoms with van der Waals surface area (Å²) in [6, 6.07) is 0.155. The fraction of sp³-hybridized carbons (Fsp3) is 0.722. The monoisotopic (exact) mass is 334 g/mol. The zero-order valence-corrected chi connectivity index (χ0v) is 15.7. The summed E-state index contributed by atoms with van der Waals surface area (Å²) < 4.78 is 5.46. The Bertz CT molecular complexity index is 551. The third-order valence-corrected chi connectivity index (χ3v) is 3.87. The van der Waals surface area contributed by atoms with Crippen molar-refractivity contribution >= 4 is 12.0 Å². The van der Waals surface area contributed by atoms with Gasteiger partial charge in [0.15, 0.2) is 0 Å². The highest BCUT2D eigenvalue weighted by atomic mass is 16.6. The molecule has 1 fully saturated rings. The maximum atomic E-state index is 12.2. The lowest BCUT2D eigenvalue weighted by atomic mass is 10.1. The molecular formula is C18H30N4O2. The molecule has 0 radical (unpaired) electrons. The van der Waals surface area contributed by atoms with Crippen molar-refractivity contribution in [3.05, 3.63) is 18.0 Å². The van der Waals surface area contributed by atoms with Crippen molar-refractivity contribution in [3.63, 3.8) is 0 Å². The molecule has 0 aromatic carbocycles. The quantitative estimate of drug-likeness (QED) is 0.850. The number of hydrogen-bond acceptors (Lipinski definition) is 5. The number of piperazine rings is 1. The topological polar surface area (TPSA) is 58.6 Å². The molecule has 2 rings (SSSR count). The molecule has 6 nitrogen and oxygen atoms in total. The van der Waals surface area contributed by atoms with E-state index in [0.29, 0.717) is 25.6 Å². The highest BCUT2D eigenvalue weighted by molar-refractivity contribution is 5.68. The second-order valence-corrected chi connectivity index (χ2v) is 7.96. The number of amides is 1. The molecule has 1 atom stereocenters. The Labute approximate surface area is 145 Å². The molecule has 1 aromatic heterocycles. The molecule has 134 valence electrons. The zero-order valence-electron chi connectivity index (χ0n) is 15.7. The minimum Gasteiger partial charge on any atom is -0.444 e. The van der Waals surface area contributed by atoms with Crippen molar-refractivity contribution in [2.45, 2.75) is 59.6 Å². The smallest absolute Gasteiger partial charge is 0.410 e. The van der Waals surface area contributed by atoms with Gasteiger partial charge in [-0.3, -0.25) is 0 Å². The minimum atomic E-state index is -0.465. The third kappa shape index (κ3) is 5.08. The predicted octanol–water partition coefficient (Wildman–Crippen LogP) is 3.12. The van der Waals surface area contributed by atoms with Crippen LogP contribution in [0.5, 0.6) is 0 Å². The Morgan fingerprint density at radius 1 is 1.29 bits per heavy atom. The van der Waals surface area contributed by atoms with Crippen molar-refractivity contribution in [1.29, 1.82) is 0 Å². The lowest BCUT2D eigenvalue weighted by molar-refractivity contribution is 0.0218. The van der Waals surface area contributed by atoms with Crippen LogP contribution in [0.3, 0.4) is 0 Å². The molecule has 1 amide bonds. The van der Waals surface area contributed by atoms with Gasteiger partial charge in [-0.05, 0) is 45.6 Å². The summed E-state index contributed by atoms with van der Waals surface area (Å²) >= 11 is 0. The highest BCUT2D eigenvalue weighted by Gasteiger charge is 2.30. The first-order valence-electron chi connectivity index (χ1n) is 8.71. The summed E-state index contributed by atoms with van der Waals surface area (Å²) in [6.07, 6.45) is 4.56. The SMILES string of the molecule is CC(C)Cc1cnc(N2CCN(C(=O)OC(C)(C)C)CC2C)nc1. The summed E-state index contributed by atoms with van der Waals surface area (Å²) in [4.78, 5) is 25.2. The highest BCUT2D eigenvalue weighted by Crippen LogP contribution is 2.19. The van der Waals surface area contributed by atoms with E-state index in [9.17, 15) is 4.79 Å². The van der Waals surface area contributed by atoms with Gasteiger partial charge in [-0.15, -0.1) is 0 Å². The van der Waals surface area contributed by atoms with E-state index in [1.54, 1.807) is 4.90 Å². The van der Waals surface area contributed by atoms with Crippen LogP contribution < -0.4 is 4.90 Å². The van der Waals surface area contributed by atoms with E-state index >= 15 is 0 Å². The Balaban J connectivity index is 1.97. The van der Waals surface area contributed by atoms with E-state index in [0.717, 1.165) is 17.9 Å². The van der Waals surface area contributed by atoms with Crippen LogP contribution in [-0.2, 0) is 11.2 Å². The van der Waals surface area contributed by atoms with Gasteiger partial charge < -0.3 is 14.5 Å². The first-order valence-corrected chi connectivity index (χ1v) is 8.71. The lowest BCUT2D eigenvalue weighted by Gasteiger charge is -2.40. The van der Waals surface area contributed by atoms with Gasteiger partial charge in [-0.25, -0.2) is 14.8 Å². The van der Waals surface area contributed by atoms with Gasteiger partial charge in [0.2, 0.25) is 5.95 Å². The Morgan fingerprint density at radius 2 is 1.92 bits per heavy atom. The first kappa shape index (κ1) is 18.5. The fourth-order valence-corrected chi connectivity index (χ4v) is 2.82. The summed E-state index contributed by atoms with van der Waals surface area (Å²) in [5, 5.41) is 0. The van der Waals surface area contributed by atoms with E-state index in [1.165, 1.54) is 0 Å². The van der Waals surface area contributed by atoms with E-state index < -0.39 is 5.60 Å². The van der Waals surface area contributed by atoms with Gasteiger partial charge in [-0.1, -0.05) is 13.8 Å². The molecule has 0 bridgehead atoms. The molecule has 1 aliphatic rings. The Kier molecular flexibility index (Phi) is 5.67. The Morgan fingerprint density at radius 3 is 2.42 bits per heavy atom. The molecule has 6 heteroatoms. The summed E-state index contributed by atoms with van der Waals surface area (Å²) in [5.74, 6) is 1.33. The number of anilines is 1. The van der Waals surface area contributed by atoms with Crippen molar-refractivity contribution in [3.8, 4) is 0 Å². The molecule has 0 N–H and O–H groups in total. The van der Waals surface area contributed by atoms with Crippen molar-refractivity contribution in [1.82, 2.24) is 14.9 Å². The molecule has 0 saturated carbocycles. The summed E-state index contributed by atoms with van der Waals surface area (Å²) in [7, 11) is 0. The van der Waals surface area contributed by atoms with Gasteiger partial charge in [0.25, 0.3) is 0 Å². The van der Waals surface area contributed by atoms with Crippen LogP contribution in [0.1, 0.15) is 47.1 Å². The average molecular weight is 334 g/mol. The third-order valence-electron chi connectivity index (χ3n) is 3.87. The van der Waals surface area contributed by atoms with Gasteiger partial charge in [0.05, 0.1) is 0 Å². The van der Waals surface area contributed by atoms with Crippen LogP contribution in [0.2, 0.25) is 0 Å². The van der Waals surface area contributed by atoms with Crippen molar-refractivity contribution < 1.29 is 9.53 Å². The fourth-order valence-electron chi connectivity index (χ4n) is 2.82.